The number of hydrogen-bond acceptors (Lipinski definition) is 2. The van der Waals surface area contributed by atoms with Gasteiger partial charge >= 0.3 is 12.1 Å². The molecule has 0 fully saturated rings. The molecule has 0 aliphatic carbocycles. The minimum Gasteiger partial charge on any atom is -0.478 e. The van der Waals surface area contributed by atoms with E-state index in [4.69, 9.17) is 9.84 Å². The first kappa shape index (κ1) is 19.2. The monoisotopic (exact) mass is 364 g/mol. The number of halogens is 5. The van der Waals surface area contributed by atoms with E-state index in [1.54, 1.807) is 6.07 Å². The minimum absolute atomic E-state index is 0.0655. The van der Waals surface area contributed by atoms with Crippen LogP contribution in [-0.2, 0) is 10.2 Å². The lowest BCUT2D eigenvalue weighted by molar-refractivity contribution is -0.206. The molecular formula is C17H17F5O3. The zero-order valence-electron chi connectivity index (χ0n) is 13.7. The Labute approximate surface area is 141 Å². The Bertz CT molecular complexity index is 714. The number of rotatable bonds is 3. The van der Waals surface area contributed by atoms with Crippen LogP contribution in [0.25, 0.3) is 6.08 Å². The summed E-state index contributed by atoms with van der Waals surface area (Å²) in [5.41, 5.74) is -0.315. The lowest BCUT2D eigenvalue weighted by Gasteiger charge is -2.32. The second kappa shape index (κ2) is 6.00. The lowest BCUT2D eigenvalue weighted by Crippen LogP contribution is -2.45. The van der Waals surface area contributed by atoms with Crippen molar-refractivity contribution in [2.45, 2.75) is 50.8 Å². The van der Waals surface area contributed by atoms with Gasteiger partial charge in [0.15, 0.2) is 6.10 Å². The molecule has 138 valence electrons. The van der Waals surface area contributed by atoms with Gasteiger partial charge in [-0.1, -0.05) is 32.9 Å². The van der Waals surface area contributed by atoms with E-state index in [0.29, 0.717) is 0 Å². The smallest absolute Gasteiger partial charge is 0.395 e. The highest BCUT2D eigenvalue weighted by molar-refractivity contribution is 5.95. The zero-order valence-corrected chi connectivity index (χ0v) is 13.7. The second-order valence-electron chi connectivity index (χ2n) is 6.96. The number of ether oxygens (including phenoxy) is 1. The Morgan fingerprint density at radius 3 is 2.24 bits per heavy atom. The third kappa shape index (κ3) is 4.29. The van der Waals surface area contributed by atoms with Crippen LogP contribution in [0.3, 0.4) is 0 Å². The van der Waals surface area contributed by atoms with Gasteiger partial charge in [0.1, 0.15) is 12.2 Å². The summed E-state index contributed by atoms with van der Waals surface area (Å²) in [5.74, 6) is -6.24. The Morgan fingerprint density at radius 2 is 1.76 bits per heavy atom. The average molecular weight is 364 g/mol. The molecule has 0 spiro atoms. The molecule has 2 rings (SSSR count). The standard InChI is InChI=1S/C17H17F5O3/c1-15(2,3)10-5-4-9-6-11(14(23)24)13(25-12(9)7-10)16(18,19)8-17(20,21)22/h4-7,13H,8H2,1-3H3,(H,23,24). The van der Waals surface area contributed by atoms with Crippen LogP contribution in [0.15, 0.2) is 23.8 Å². The van der Waals surface area contributed by atoms with Gasteiger partial charge in [0, 0.05) is 5.56 Å². The van der Waals surface area contributed by atoms with Crippen LogP contribution < -0.4 is 4.74 Å². The number of carboxylic acids is 1. The van der Waals surface area contributed by atoms with Crippen molar-refractivity contribution in [2.24, 2.45) is 0 Å². The molecule has 3 nitrogen and oxygen atoms in total. The van der Waals surface area contributed by atoms with E-state index in [1.165, 1.54) is 12.1 Å². The number of aliphatic carboxylic acids is 1. The molecule has 0 bridgehead atoms. The zero-order chi connectivity index (χ0) is 19.2. The summed E-state index contributed by atoms with van der Waals surface area (Å²) in [6.45, 7) is 5.60. The highest BCUT2D eigenvalue weighted by Crippen LogP contribution is 2.42. The molecule has 1 heterocycles. The summed E-state index contributed by atoms with van der Waals surface area (Å²) in [5, 5.41) is 9.12. The van der Waals surface area contributed by atoms with Crippen LogP contribution in [-0.4, -0.2) is 29.3 Å². The average Bonchev–Trinajstić information content (AvgIpc) is 2.41. The first-order chi connectivity index (χ1) is 11.2. The predicted octanol–water partition coefficient (Wildman–Crippen LogP) is 4.80. The fourth-order valence-electron chi connectivity index (χ4n) is 2.50. The summed E-state index contributed by atoms with van der Waals surface area (Å²) in [6, 6.07) is 4.63. The maximum atomic E-state index is 14.1. The molecule has 0 saturated heterocycles. The van der Waals surface area contributed by atoms with E-state index in [1.807, 2.05) is 20.8 Å². The van der Waals surface area contributed by atoms with Crippen molar-refractivity contribution < 1.29 is 36.6 Å². The Morgan fingerprint density at radius 1 is 1.16 bits per heavy atom. The van der Waals surface area contributed by atoms with Gasteiger partial charge in [-0.25, -0.2) is 13.6 Å². The van der Waals surface area contributed by atoms with Gasteiger partial charge in [0.05, 0.1) is 5.57 Å². The molecule has 1 aromatic rings. The molecule has 1 N–H and O–H groups in total. The third-order valence-electron chi connectivity index (χ3n) is 3.78. The SMILES string of the molecule is CC(C)(C)c1ccc2c(c1)OC(C(F)(F)CC(F)(F)F)C(C(=O)O)=C2. The molecule has 0 radical (unpaired) electrons. The Balaban J connectivity index is 2.50. The second-order valence-corrected chi connectivity index (χ2v) is 6.96. The van der Waals surface area contributed by atoms with Crippen LogP contribution in [0.5, 0.6) is 5.75 Å². The highest BCUT2D eigenvalue weighted by atomic mass is 19.4. The maximum absolute atomic E-state index is 14.1. The first-order valence-corrected chi connectivity index (χ1v) is 7.41. The maximum Gasteiger partial charge on any atom is 0.395 e. The van der Waals surface area contributed by atoms with Gasteiger partial charge in [-0.05, 0) is 23.1 Å². The van der Waals surface area contributed by atoms with Gasteiger partial charge in [-0.3, -0.25) is 0 Å². The molecule has 0 aromatic heterocycles. The van der Waals surface area contributed by atoms with Gasteiger partial charge in [0.2, 0.25) is 0 Å². The molecule has 1 aromatic carbocycles. The molecule has 0 amide bonds. The van der Waals surface area contributed by atoms with Crippen LogP contribution in [0.1, 0.15) is 38.3 Å². The Kier molecular flexibility index (Phi) is 4.61. The number of carboxylic acid groups (broad SMARTS) is 1. The van der Waals surface area contributed by atoms with Crippen molar-refractivity contribution in [3.05, 3.63) is 34.9 Å². The number of benzene rings is 1. The number of hydrogen-bond donors (Lipinski definition) is 1. The van der Waals surface area contributed by atoms with Crippen LogP contribution >= 0.6 is 0 Å². The van der Waals surface area contributed by atoms with E-state index in [9.17, 15) is 26.7 Å². The van der Waals surface area contributed by atoms with Crippen molar-refractivity contribution in [1.29, 1.82) is 0 Å². The fourth-order valence-corrected chi connectivity index (χ4v) is 2.50. The van der Waals surface area contributed by atoms with Crippen LogP contribution in [0, 0.1) is 0 Å². The molecule has 8 heteroatoms. The van der Waals surface area contributed by atoms with E-state index >= 15 is 0 Å². The summed E-state index contributed by atoms with van der Waals surface area (Å²) in [4.78, 5) is 11.3. The van der Waals surface area contributed by atoms with Crippen molar-refractivity contribution in [1.82, 2.24) is 0 Å². The van der Waals surface area contributed by atoms with Crippen molar-refractivity contribution >= 4 is 12.0 Å². The normalized spacial score (nSPS) is 18.2. The van der Waals surface area contributed by atoms with Crippen molar-refractivity contribution in [3.8, 4) is 5.75 Å². The minimum atomic E-state index is -5.16. The summed E-state index contributed by atoms with van der Waals surface area (Å²) >= 11 is 0. The van der Waals surface area contributed by atoms with E-state index < -0.39 is 36.2 Å². The molecule has 25 heavy (non-hydrogen) atoms. The molecule has 1 unspecified atom stereocenters. The van der Waals surface area contributed by atoms with Crippen LogP contribution in [0.2, 0.25) is 0 Å². The van der Waals surface area contributed by atoms with E-state index in [0.717, 1.165) is 11.6 Å². The van der Waals surface area contributed by atoms with Gasteiger partial charge in [-0.15, -0.1) is 0 Å². The van der Waals surface area contributed by atoms with Gasteiger partial charge in [0.25, 0.3) is 5.92 Å². The Hall–Kier alpha value is -2.12. The molecular weight excluding hydrogens is 347 g/mol. The first-order valence-electron chi connectivity index (χ1n) is 7.41. The lowest BCUT2D eigenvalue weighted by atomic mass is 9.85. The van der Waals surface area contributed by atoms with Gasteiger partial charge in [-0.2, -0.15) is 13.2 Å². The predicted molar refractivity (Wildman–Crippen MR) is 80.8 cm³/mol. The van der Waals surface area contributed by atoms with E-state index in [2.05, 4.69) is 0 Å². The molecule has 1 aliphatic rings. The largest absolute Gasteiger partial charge is 0.478 e. The number of carbonyl (C=O) groups is 1. The van der Waals surface area contributed by atoms with Crippen molar-refractivity contribution in [2.75, 3.05) is 0 Å². The molecule has 1 aliphatic heterocycles. The molecule has 0 saturated carbocycles. The van der Waals surface area contributed by atoms with E-state index in [-0.39, 0.29) is 16.7 Å². The third-order valence-corrected chi connectivity index (χ3v) is 3.78. The number of alkyl halides is 5. The van der Waals surface area contributed by atoms with Crippen molar-refractivity contribution in [3.63, 3.8) is 0 Å². The van der Waals surface area contributed by atoms with Gasteiger partial charge < -0.3 is 9.84 Å². The quantitative estimate of drug-likeness (QED) is 0.784. The highest BCUT2D eigenvalue weighted by Gasteiger charge is 2.54. The summed E-state index contributed by atoms with van der Waals surface area (Å²) in [7, 11) is 0. The molecule has 1 atom stereocenters. The summed E-state index contributed by atoms with van der Waals surface area (Å²) in [6.07, 6.45) is -9.22. The number of fused-ring (bicyclic) bond motifs is 1. The fraction of sp³-hybridized carbons (Fsp3) is 0.471. The summed E-state index contributed by atoms with van der Waals surface area (Å²) < 4.78 is 70.6. The topological polar surface area (TPSA) is 46.5 Å². The van der Waals surface area contributed by atoms with Crippen LogP contribution in [0.4, 0.5) is 22.0 Å².